The van der Waals surface area contributed by atoms with Gasteiger partial charge in [0.15, 0.2) is 0 Å². The van der Waals surface area contributed by atoms with Crippen molar-refractivity contribution in [1.29, 1.82) is 0 Å². The normalized spacial score (nSPS) is 26.8. The van der Waals surface area contributed by atoms with Gasteiger partial charge in [-0.15, -0.1) is 0 Å². The number of aliphatic hydroxyl groups excluding tert-OH is 1. The molecule has 2 aliphatic rings. The number of hydrogen-bond acceptors (Lipinski definition) is 2. The molecule has 1 saturated carbocycles. The van der Waals surface area contributed by atoms with Crippen LogP contribution in [0.5, 0.6) is 0 Å². The molecule has 1 aromatic carbocycles. The van der Waals surface area contributed by atoms with Crippen LogP contribution in [0.2, 0.25) is 0 Å². The van der Waals surface area contributed by atoms with E-state index in [2.05, 4.69) is 13.8 Å². The second kappa shape index (κ2) is 5.23. The van der Waals surface area contributed by atoms with E-state index in [0.29, 0.717) is 30.5 Å². The fraction of sp³-hybridized carbons (Fsp3) is 0.588. The molecule has 0 spiro atoms. The van der Waals surface area contributed by atoms with E-state index < -0.39 is 17.8 Å². The van der Waals surface area contributed by atoms with Gasteiger partial charge >= 0.3 is 6.18 Å². The Hall–Kier alpha value is -1.56. The Morgan fingerprint density at radius 1 is 1.35 bits per heavy atom. The predicted octanol–water partition coefficient (Wildman–Crippen LogP) is 2.72. The van der Waals surface area contributed by atoms with Crippen molar-refractivity contribution in [2.75, 3.05) is 13.1 Å². The Bertz CT molecular complexity index is 613. The van der Waals surface area contributed by atoms with Crippen molar-refractivity contribution in [3.05, 3.63) is 35.4 Å². The molecule has 0 bridgehead atoms. The molecule has 6 heteroatoms. The van der Waals surface area contributed by atoms with Gasteiger partial charge in [-0.1, -0.05) is 32.0 Å². The first-order valence-electron chi connectivity index (χ1n) is 7.73. The third-order valence-corrected chi connectivity index (χ3v) is 5.40. The number of fused-ring (bicyclic) bond motifs is 1. The lowest BCUT2D eigenvalue weighted by atomic mass is 10.0. The molecule has 1 amide bonds. The van der Waals surface area contributed by atoms with Gasteiger partial charge in [0.2, 0.25) is 0 Å². The van der Waals surface area contributed by atoms with Crippen molar-refractivity contribution in [2.24, 2.45) is 17.3 Å². The van der Waals surface area contributed by atoms with Crippen LogP contribution < -0.4 is 0 Å². The maximum atomic E-state index is 12.7. The summed E-state index contributed by atoms with van der Waals surface area (Å²) in [6, 6.07) is 4.76. The average Bonchev–Trinajstić information content (AvgIpc) is 2.84. The number of benzene rings is 1. The number of carbonyl (C=O) groups is 1. The molecule has 1 heterocycles. The summed E-state index contributed by atoms with van der Waals surface area (Å²) in [6.07, 6.45) is -5.82. The molecule has 3 rings (SSSR count). The van der Waals surface area contributed by atoms with Gasteiger partial charge in [-0.3, -0.25) is 4.79 Å². The van der Waals surface area contributed by atoms with Gasteiger partial charge in [0.05, 0.1) is 5.56 Å². The minimum atomic E-state index is -4.42. The van der Waals surface area contributed by atoms with Crippen LogP contribution in [0.3, 0.4) is 0 Å². The van der Waals surface area contributed by atoms with Crippen LogP contribution in [0.4, 0.5) is 13.2 Å². The highest BCUT2D eigenvalue weighted by Crippen LogP contribution is 2.61. The van der Waals surface area contributed by atoms with E-state index >= 15 is 0 Å². The standard InChI is InChI=1S/C17H20F3NO2/c1-16(2)12-8-21(9-13(12)16)15(23)14(22)7-10-4-3-5-11(6-10)17(18,19)20/h3-6,12-14,22H,7-9H2,1-2H3/t12-,13+,14-/m1/s1. The number of hydrogen-bond donors (Lipinski definition) is 1. The fourth-order valence-corrected chi connectivity index (χ4v) is 3.71. The third-order valence-electron chi connectivity index (χ3n) is 5.40. The molecular formula is C17H20F3NO2. The van der Waals surface area contributed by atoms with Crippen molar-refractivity contribution in [2.45, 2.75) is 32.5 Å². The van der Waals surface area contributed by atoms with E-state index in [9.17, 15) is 23.1 Å². The largest absolute Gasteiger partial charge is 0.416 e. The monoisotopic (exact) mass is 327 g/mol. The molecule has 1 N–H and O–H groups in total. The van der Waals surface area contributed by atoms with Crippen molar-refractivity contribution in [3.8, 4) is 0 Å². The summed E-state index contributed by atoms with van der Waals surface area (Å²) < 4.78 is 38.1. The van der Waals surface area contributed by atoms with Crippen molar-refractivity contribution in [1.82, 2.24) is 4.90 Å². The number of piperidine rings is 1. The summed E-state index contributed by atoms with van der Waals surface area (Å²) >= 11 is 0. The van der Waals surface area contributed by atoms with Crippen molar-refractivity contribution < 1.29 is 23.1 Å². The van der Waals surface area contributed by atoms with Gasteiger partial charge in [0, 0.05) is 19.5 Å². The highest BCUT2D eigenvalue weighted by Gasteiger charge is 2.62. The van der Waals surface area contributed by atoms with Gasteiger partial charge in [0.1, 0.15) is 6.10 Å². The maximum Gasteiger partial charge on any atom is 0.416 e. The van der Waals surface area contributed by atoms with Crippen LogP contribution in [0, 0.1) is 17.3 Å². The number of nitrogens with zero attached hydrogens (tertiary/aromatic N) is 1. The first-order chi connectivity index (χ1) is 10.6. The average molecular weight is 327 g/mol. The SMILES string of the molecule is CC1(C)[C@@H]2CN(C(=O)[C@H](O)Cc3cccc(C(F)(F)F)c3)C[C@@H]21. The number of amides is 1. The molecule has 1 aromatic rings. The van der Waals surface area contributed by atoms with E-state index in [4.69, 9.17) is 0 Å². The Balaban J connectivity index is 1.61. The number of aliphatic hydroxyl groups is 1. The minimum absolute atomic E-state index is 0.0992. The summed E-state index contributed by atoms with van der Waals surface area (Å²) in [4.78, 5) is 13.9. The van der Waals surface area contributed by atoms with E-state index in [1.807, 2.05) is 0 Å². The van der Waals surface area contributed by atoms with Crippen molar-refractivity contribution in [3.63, 3.8) is 0 Å². The molecule has 23 heavy (non-hydrogen) atoms. The second-order valence-electron chi connectivity index (χ2n) is 7.20. The van der Waals surface area contributed by atoms with Gasteiger partial charge in [-0.2, -0.15) is 13.2 Å². The minimum Gasteiger partial charge on any atom is -0.383 e. The summed E-state index contributed by atoms with van der Waals surface area (Å²) in [7, 11) is 0. The summed E-state index contributed by atoms with van der Waals surface area (Å²) in [5.74, 6) is 0.574. The van der Waals surface area contributed by atoms with Gasteiger partial charge in [-0.05, 0) is 28.9 Å². The summed E-state index contributed by atoms with van der Waals surface area (Å²) in [5.41, 5.74) is -0.188. The number of likely N-dealkylation sites (tertiary alicyclic amines) is 1. The van der Waals surface area contributed by atoms with Gasteiger partial charge < -0.3 is 10.0 Å². The van der Waals surface area contributed by atoms with E-state index in [1.54, 1.807) is 4.90 Å². The van der Waals surface area contributed by atoms with Crippen LogP contribution in [-0.2, 0) is 17.4 Å². The fourth-order valence-electron chi connectivity index (χ4n) is 3.71. The molecule has 3 atom stereocenters. The Kier molecular flexibility index (Phi) is 3.71. The first kappa shape index (κ1) is 16.3. The lowest BCUT2D eigenvalue weighted by molar-refractivity contribution is -0.139. The number of halogens is 3. The molecule has 1 saturated heterocycles. The van der Waals surface area contributed by atoms with E-state index in [-0.39, 0.29) is 17.7 Å². The summed E-state index contributed by atoms with van der Waals surface area (Å²) in [6.45, 7) is 5.61. The quantitative estimate of drug-likeness (QED) is 0.927. The Labute approximate surface area is 133 Å². The maximum absolute atomic E-state index is 12.7. The van der Waals surface area contributed by atoms with Crippen LogP contribution in [0.25, 0.3) is 0 Å². The van der Waals surface area contributed by atoms with Crippen LogP contribution in [0.1, 0.15) is 25.0 Å². The molecule has 0 radical (unpaired) electrons. The van der Waals surface area contributed by atoms with Crippen molar-refractivity contribution >= 4 is 5.91 Å². The van der Waals surface area contributed by atoms with Crippen LogP contribution >= 0.6 is 0 Å². The summed E-state index contributed by atoms with van der Waals surface area (Å²) in [5, 5.41) is 10.1. The van der Waals surface area contributed by atoms with E-state index in [1.165, 1.54) is 12.1 Å². The highest BCUT2D eigenvalue weighted by atomic mass is 19.4. The predicted molar refractivity (Wildman–Crippen MR) is 78.5 cm³/mol. The van der Waals surface area contributed by atoms with Crippen LogP contribution in [-0.4, -0.2) is 35.1 Å². The number of alkyl halides is 3. The molecule has 1 aliphatic carbocycles. The lowest BCUT2D eigenvalue weighted by Gasteiger charge is -2.24. The highest BCUT2D eigenvalue weighted by molar-refractivity contribution is 5.81. The van der Waals surface area contributed by atoms with Crippen LogP contribution in [0.15, 0.2) is 24.3 Å². The molecule has 126 valence electrons. The Morgan fingerprint density at radius 2 is 1.96 bits per heavy atom. The lowest BCUT2D eigenvalue weighted by Crippen LogP contribution is -2.41. The van der Waals surface area contributed by atoms with E-state index in [0.717, 1.165) is 12.1 Å². The zero-order chi connectivity index (χ0) is 17.0. The molecule has 2 fully saturated rings. The molecule has 3 nitrogen and oxygen atoms in total. The second-order valence-corrected chi connectivity index (χ2v) is 7.20. The molecular weight excluding hydrogens is 307 g/mol. The topological polar surface area (TPSA) is 40.5 Å². The molecule has 0 unspecified atom stereocenters. The smallest absolute Gasteiger partial charge is 0.383 e. The Morgan fingerprint density at radius 3 is 2.52 bits per heavy atom. The number of carbonyl (C=O) groups excluding carboxylic acids is 1. The molecule has 1 aliphatic heterocycles. The zero-order valence-corrected chi connectivity index (χ0v) is 13.1. The third kappa shape index (κ3) is 2.96. The number of rotatable bonds is 3. The first-order valence-corrected chi connectivity index (χ1v) is 7.73. The zero-order valence-electron chi connectivity index (χ0n) is 13.1. The van der Waals surface area contributed by atoms with Gasteiger partial charge in [-0.25, -0.2) is 0 Å². The van der Waals surface area contributed by atoms with Gasteiger partial charge in [0.25, 0.3) is 5.91 Å². The molecule has 0 aromatic heterocycles.